The Morgan fingerprint density at radius 2 is 2.35 bits per heavy atom. The number of carbonyl (C=O) groups is 1. The molecule has 3 aliphatic carbocycles. The van der Waals surface area contributed by atoms with Crippen LogP contribution in [0.2, 0.25) is 0 Å². The molecule has 20 heavy (non-hydrogen) atoms. The molecule has 0 aromatic carbocycles. The van der Waals surface area contributed by atoms with Gasteiger partial charge in [-0.15, -0.1) is 10.2 Å². The third-order valence-corrected chi connectivity index (χ3v) is 7.05. The van der Waals surface area contributed by atoms with Crippen molar-refractivity contribution < 1.29 is 9.53 Å². The molecule has 6 heteroatoms. The quantitative estimate of drug-likeness (QED) is 0.631. The van der Waals surface area contributed by atoms with E-state index < -0.39 is 0 Å². The molecule has 4 atom stereocenters. The van der Waals surface area contributed by atoms with Gasteiger partial charge in [-0.05, 0) is 36.0 Å². The minimum absolute atomic E-state index is 0.106. The second-order valence-electron chi connectivity index (χ2n) is 6.48. The zero-order chi connectivity index (χ0) is 14.3. The predicted molar refractivity (Wildman–Crippen MR) is 79.7 cm³/mol. The molecule has 4 rings (SSSR count). The van der Waals surface area contributed by atoms with Gasteiger partial charge in [0.05, 0.1) is 5.75 Å². The molecule has 1 aromatic heterocycles. The zero-order valence-corrected chi connectivity index (χ0v) is 13.7. The van der Waals surface area contributed by atoms with E-state index in [0.717, 1.165) is 16.7 Å². The number of esters is 1. The van der Waals surface area contributed by atoms with Gasteiger partial charge < -0.3 is 4.74 Å². The van der Waals surface area contributed by atoms with Crippen molar-refractivity contribution in [1.82, 2.24) is 10.2 Å². The smallest absolute Gasteiger partial charge is 0.316 e. The van der Waals surface area contributed by atoms with E-state index in [4.69, 9.17) is 4.74 Å². The lowest BCUT2D eigenvalue weighted by Gasteiger charge is -2.61. The normalized spacial score (nSPS) is 34.4. The molecule has 1 heterocycles. The lowest BCUT2D eigenvalue weighted by atomic mass is 9.45. The Balaban J connectivity index is 1.50. The number of aromatic nitrogens is 2. The summed E-state index contributed by atoms with van der Waals surface area (Å²) >= 11 is 2.86. The maximum Gasteiger partial charge on any atom is 0.316 e. The molecule has 0 unspecified atom stereocenters. The maximum absolute atomic E-state index is 11.9. The third kappa shape index (κ3) is 2.48. The molecule has 0 radical (unpaired) electrons. The number of rotatable bonds is 4. The number of hydrogen-bond donors (Lipinski definition) is 0. The SMILES string of the molecule is C[C@H]1[C@H]2C[C@H](C[C@H]1OC(=O)CSc1nncs1)C2(C)C. The van der Waals surface area contributed by atoms with Gasteiger partial charge in [-0.2, -0.15) is 0 Å². The van der Waals surface area contributed by atoms with Crippen molar-refractivity contribution >= 4 is 29.1 Å². The standard InChI is InChI=1S/C14H20N2O2S2/c1-8-10-4-9(14(10,2)3)5-11(8)18-12(17)6-19-13-16-15-7-20-13/h7-11H,4-6H2,1-3H3/t8-,9+,10+,11+/m0/s1. The lowest BCUT2D eigenvalue weighted by Crippen LogP contribution is -2.57. The number of fused-ring (bicyclic) bond motifs is 2. The van der Waals surface area contributed by atoms with Gasteiger partial charge in [0, 0.05) is 0 Å². The van der Waals surface area contributed by atoms with Crippen molar-refractivity contribution in [3.05, 3.63) is 5.51 Å². The fourth-order valence-electron chi connectivity index (χ4n) is 3.81. The third-order valence-electron chi connectivity index (χ3n) is 5.22. The predicted octanol–water partition coefficient (Wildman–Crippen LogP) is 3.24. The molecule has 3 fully saturated rings. The van der Waals surface area contributed by atoms with Crippen LogP contribution in [0.1, 0.15) is 33.6 Å². The molecule has 0 N–H and O–H groups in total. The molecule has 3 saturated carbocycles. The van der Waals surface area contributed by atoms with E-state index in [1.165, 1.54) is 29.5 Å². The first-order valence-electron chi connectivity index (χ1n) is 7.07. The number of thioether (sulfide) groups is 1. The van der Waals surface area contributed by atoms with Crippen LogP contribution in [0.15, 0.2) is 9.85 Å². The summed E-state index contributed by atoms with van der Waals surface area (Å²) in [6.45, 7) is 6.94. The second kappa shape index (κ2) is 5.30. The van der Waals surface area contributed by atoms with Crippen molar-refractivity contribution in [2.45, 2.75) is 44.1 Å². The van der Waals surface area contributed by atoms with E-state index in [0.29, 0.717) is 23.0 Å². The topological polar surface area (TPSA) is 52.1 Å². The minimum Gasteiger partial charge on any atom is -0.461 e. The Morgan fingerprint density at radius 1 is 1.55 bits per heavy atom. The van der Waals surface area contributed by atoms with Gasteiger partial charge >= 0.3 is 5.97 Å². The summed E-state index contributed by atoms with van der Waals surface area (Å²) in [5.41, 5.74) is 2.11. The molecule has 0 aliphatic heterocycles. The fourth-order valence-corrected chi connectivity index (χ4v) is 5.08. The van der Waals surface area contributed by atoms with Crippen molar-refractivity contribution in [3.63, 3.8) is 0 Å². The highest BCUT2D eigenvalue weighted by atomic mass is 32.2. The van der Waals surface area contributed by atoms with Crippen LogP contribution in [0.3, 0.4) is 0 Å². The van der Waals surface area contributed by atoms with Crippen LogP contribution in [-0.4, -0.2) is 28.0 Å². The first kappa shape index (κ1) is 14.3. The molecule has 4 nitrogen and oxygen atoms in total. The highest BCUT2D eigenvalue weighted by Crippen LogP contribution is 2.61. The van der Waals surface area contributed by atoms with Gasteiger partial charge in [0.25, 0.3) is 0 Å². The highest BCUT2D eigenvalue weighted by Gasteiger charge is 2.57. The van der Waals surface area contributed by atoms with Gasteiger partial charge in [-0.1, -0.05) is 43.9 Å². The number of nitrogens with zero attached hydrogens (tertiary/aromatic N) is 2. The Morgan fingerprint density at radius 3 is 2.95 bits per heavy atom. The number of carbonyl (C=O) groups excluding carboxylic acids is 1. The van der Waals surface area contributed by atoms with Crippen LogP contribution in [0.25, 0.3) is 0 Å². The van der Waals surface area contributed by atoms with Crippen LogP contribution >= 0.6 is 23.1 Å². The van der Waals surface area contributed by atoms with E-state index in [9.17, 15) is 4.79 Å². The Kier molecular flexibility index (Phi) is 3.79. The molecule has 0 amide bonds. The average molecular weight is 312 g/mol. The largest absolute Gasteiger partial charge is 0.461 e. The summed E-state index contributed by atoms with van der Waals surface area (Å²) in [7, 11) is 0. The van der Waals surface area contributed by atoms with Gasteiger partial charge in [-0.25, -0.2) is 0 Å². The zero-order valence-electron chi connectivity index (χ0n) is 12.0. The van der Waals surface area contributed by atoms with Crippen molar-refractivity contribution in [3.8, 4) is 0 Å². The maximum atomic E-state index is 11.9. The molecule has 3 aliphatic rings. The second-order valence-corrected chi connectivity index (χ2v) is 8.53. The molecule has 110 valence electrons. The van der Waals surface area contributed by atoms with E-state index in [-0.39, 0.29) is 12.1 Å². The summed E-state index contributed by atoms with van der Waals surface area (Å²) in [4.78, 5) is 11.9. The van der Waals surface area contributed by atoms with E-state index in [1.54, 1.807) is 5.51 Å². The number of ether oxygens (including phenoxy) is 1. The monoisotopic (exact) mass is 312 g/mol. The fraction of sp³-hybridized carbons (Fsp3) is 0.786. The van der Waals surface area contributed by atoms with Crippen LogP contribution in [0.4, 0.5) is 0 Å². The van der Waals surface area contributed by atoms with Crippen LogP contribution < -0.4 is 0 Å². The molecule has 0 spiro atoms. The van der Waals surface area contributed by atoms with Crippen LogP contribution in [0, 0.1) is 23.2 Å². The minimum atomic E-state index is -0.124. The molecule has 0 saturated heterocycles. The Bertz CT molecular complexity index is 489. The van der Waals surface area contributed by atoms with Gasteiger partial charge in [0.2, 0.25) is 0 Å². The van der Waals surface area contributed by atoms with Crippen molar-refractivity contribution in [1.29, 1.82) is 0 Å². The van der Waals surface area contributed by atoms with E-state index >= 15 is 0 Å². The molecule has 2 bridgehead atoms. The lowest BCUT2D eigenvalue weighted by molar-refractivity contribution is -0.183. The summed E-state index contributed by atoms with van der Waals surface area (Å²) in [6, 6.07) is 0. The van der Waals surface area contributed by atoms with Crippen LogP contribution in [0.5, 0.6) is 0 Å². The Hall–Kier alpha value is -0.620. The van der Waals surface area contributed by atoms with Crippen molar-refractivity contribution in [2.75, 3.05) is 5.75 Å². The summed E-state index contributed by atoms with van der Waals surface area (Å²) < 4.78 is 6.51. The first-order chi connectivity index (χ1) is 9.48. The summed E-state index contributed by atoms with van der Waals surface area (Å²) in [6.07, 6.45) is 2.44. The van der Waals surface area contributed by atoms with E-state index in [1.807, 2.05) is 0 Å². The summed E-state index contributed by atoms with van der Waals surface area (Å²) in [5, 5.41) is 7.67. The molecular weight excluding hydrogens is 292 g/mol. The highest BCUT2D eigenvalue weighted by molar-refractivity contribution is 8.01. The Labute approximate surface area is 127 Å². The van der Waals surface area contributed by atoms with Crippen molar-refractivity contribution in [2.24, 2.45) is 23.2 Å². The van der Waals surface area contributed by atoms with Gasteiger partial charge in [-0.3, -0.25) is 4.79 Å². The van der Waals surface area contributed by atoms with Gasteiger partial charge in [0.15, 0.2) is 4.34 Å². The first-order valence-corrected chi connectivity index (χ1v) is 8.93. The van der Waals surface area contributed by atoms with E-state index in [2.05, 4.69) is 31.0 Å². The van der Waals surface area contributed by atoms with Gasteiger partial charge in [0.1, 0.15) is 11.6 Å². The average Bonchev–Trinajstić information content (AvgIpc) is 2.91. The molecule has 1 aromatic rings. The molecular formula is C14H20N2O2S2. The van der Waals surface area contributed by atoms with Crippen LogP contribution in [-0.2, 0) is 9.53 Å². The summed E-state index contributed by atoms with van der Waals surface area (Å²) in [5.74, 6) is 2.11. The number of hydrogen-bond acceptors (Lipinski definition) is 6.